The maximum atomic E-state index is 10.8. The van der Waals surface area contributed by atoms with Crippen LogP contribution in [0.25, 0.3) is 11.4 Å². The second kappa shape index (κ2) is 5.79. The van der Waals surface area contributed by atoms with Crippen LogP contribution in [0, 0.1) is 17.0 Å². The summed E-state index contributed by atoms with van der Waals surface area (Å²) < 4.78 is 5.20. The minimum atomic E-state index is -0.439. The van der Waals surface area contributed by atoms with Crippen LogP contribution in [-0.2, 0) is 0 Å². The van der Waals surface area contributed by atoms with E-state index in [0.717, 1.165) is 12.1 Å². The molecule has 7 nitrogen and oxygen atoms in total. The van der Waals surface area contributed by atoms with Crippen molar-refractivity contribution >= 4 is 5.69 Å². The standard InChI is InChI=1S/C13H16N4O3/c1-4-14-9(3)13-15-12(16-20-13)11-7-10(17(18)19)6-5-8(11)2/h5-7,9,14H,4H2,1-3H3. The Labute approximate surface area is 116 Å². The van der Waals surface area contributed by atoms with Crippen molar-refractivity contribution in [2.24, 2.45) is 0 Å². The van der Waals surface area contributed by atoms with E-state index >= 15 is 0 Å². The average Bonchev–Trinajstić information content (AvgIpc) is 2.88. The third-order valence-corrected chi connectivity index (χ3v) is 3.00. The van der Waals surface area contributed by atoms with Crippen molar-refractivity contribution in [3.63, 3.8) is 0 Å². The minimum absolute atomic E-state index is 0.0108. The van der Waals surface area contributed by atoms with Gasteiger partial charge in [-0.05, 0) is 26.0 Å². The number of aromatic nitrogens is 2. The van der Waals surface area contributed by atoms with Gasteiger partial charge in [0.05, 0.1) is 11.0 Å². The molecule has 1 heterocycles. The first-order valence-corrected chi connectivity index (χ1v) is 6.35. The Morgan fingerprint density at radius 1 is 1.50 bits per heavy atom. The Bertz CT molecular complexity index is 624. The molecule has 20 heavy (non-hydrogen) atoms. The Hall–Kier alpha value is -2.28. The summed E-state index contributed by atoms with van der Waals surface area (Å²) in [7, 11) is 0. The van der Waals surface area contributed by atoms with E-state index in [-0.39, 0.29) is 11.7 Å². The molecule has 1 aromatic heterocycles. The molecule has 1 atom stereocenters. The number of nitrogens with one attached hydrogen (secondary N) is 1. The third kappa shape index (κ3) is 2.83. The Balaban J connectivity index is 2.36. The van der Waals surface area contributed by atoms with Crippen molar-refractivity contribution in [3.8, 4) is 11.4 Å². The van der Waals surface area contributed by atoms with Crippen LogP contribution >= 0.6 is 0 Å². The zero-order chi connectivity index (χ0) is 14.7. The maximum Gasteiger partial charge on any atom is 0.270 e. The summed E-state index contributed by atoms with van der Waals surface area (Å²) in [6, 6.07) is 4.54. The molecule has 0 radical (unpaired) electrons. The molecule has 0 aliphatic carbocycles. The van der Waals surface area contributed by atoms with Gasteiger partial charge in [0, 0.05) is 17.7 Å². The van der Waals surface area contributed by atoms with E-state index in [1.165, 1.54) is 12.1 Å². The van der Waals surface area contributed by atoms with Crippen molar-refractivity contribution in [3.05, 3.63) is 39.8 Å². The highest BCUT2D eigenvalue weighted by Gasteiger charge is 2.17. The summed E-state index contributed by atoms with van der Waals surface area (Å²) in [5.41, 5.74) is 1.48. The molecule has 0 aliphatic heterocycles. The van der Waals surface area contributed by atoms with E-state index in [9.17, 15) is 10.1 Å². The summed E-state index contributed by atoms with van der Waals surface area (Å²) in [5, 5.41) is 17.9. The fraction of sp³-hybridized carbons (Fsp3) is 0.385. The van der Waals surface area contributed by atoms with Crippen LogP contribution in [-0.4, -0.2) is 21.6 Å². The lowest BCUT2D eigenvalue weighted by molar-refractivity contribution is -0.384. The van der Waals surface area contributed by atoms with Crippen molar-refractivity contribution in [1.82, 2.24) is 15.5 Å². The van der Waals surface area contributed by atoms with Gasteiger partial charge in [0.2, 0.25) is 11.7 Å². The molecule has 0 saturated carbocycles. The van der Waals surface area contributed by atoms with Crippen LogP contribution < -0.4 is 5.32 Å². The fourth-order valence-electron chi connectivity index (χ4n) is 1.88. The van der Waals surface area contributed by atoms with E-state index in [4.69, 9.17) is 4.52 Å². The van der Waals surface area contributed by atoms with Crippen LogP contribution in [0.1, 0.15) is 31.3 Å². The number of rotatable bonds is 5. The van der Waals surface area contributed by atoms with Gasteiger partial charge in [0.25, 0.3) is 5.69 Å². The second-order valence-corrected chi connectivity index (χ2v) is 4.49. The number of aryl methyl sites for hydroxylation is 1. The molecule has 0 bridgehead atoms. The molecule has 0 saturated heterocycles. The molecule has 2 aromatic rings. The van der Waals surface area contributed by atoms with Crippen molar-refractivity contribution in [2.75, 3.05) is 6.54 Å². The smallest absolute Gasteiger partial charge is 0.270 e. The zero-order valence-electron chi connectivity index (χ0n) is 11.6. The lowest BCUT2D eigenvalue weighted by Crippen LogP contribution is -2.17. The molecular formula is C13H16N4O3. The molecule has 2 rings (SSSR count). The third-order valence-electron chi connectivity index (χ3n) is 3.00. The first-order chi connectivity index (χ1) is 9.52. The van der Waals surface area contributed by atoms with Gasteiger partial charge in [-0.25, -0.2) is 0 Å². The number of hydrogen-bond acceptors (Lipinski definition) is 6. The van der Waals surface area contributed by atoms with Gasteiger partial charge in [0.15, 0.2) is 0 Å². The zero-order valence-corrected chi connectivity index (χ0v) is 11.6. The molecule has 7 heteroatoms. The van der Waals surface area contributed by atoms with Gasteiger partial charge >= 0.3 is 0 Å². The number of nitro benzene ring substituents is 1. The number of nitrogens with zero attached hydrogens (tertiary/aromatic N) is 3. The summed E-state index contributed by atoms with van der Waals surface area (Å²) >= 11 is 0. The van der Waals surface area contributed by atoms with E-state index < -0.39 is 4.92 Å². The first kappa shape index (κ1) is 14.1. The maximum absolute atomic E-state index is 10.8. The summed E-state index contributed by atoms with van der Waals surface area (Å²) in [6.45, 7) is 6.54. The lowest BCUT2D eigenvalue weighted by atomic mass is 10.1. The second-order valence-electron chi connectivity index (χ2n) is 4.49. The first-order valence-electron chi connectivity index (χ1n) is 6.35. The van der Waals surface area contributed by atoms with Crippen LogP contribution in [0.5, 0.6) is 0 Å². The summed E-state index contributed by atoms with van der Waals surface area (Å²) in [4.78, 5) is 14.7. The van der Waals surface area contributed by atoms with E-state index in [1.54, 1.807) is 6.07 Å². The number of nitro groups is 1. The van der Waals surface area contributed by atoms with Crippen LogP contribution in [0.3, 0.4) is 0 Å². The number of hydrogen-bond donors (Lipinski definition) is 1. The molecule has 0 amide bonds. The quantitative estimate of drug-likeness (QED) is 0.666. The predicted molar refractivity (Wildman–Crippen MR) is 73.2 cm³/mol. The number of benzene rings is 1. The van der Waals surface area contributed by atoms with Crippen LogP contribution in [0.15, 0.2) is 22.7 Å². The number of non-ortho nitro benzene ring substituents is 1. The molecule has 1 N–H and O–H groups in total. The summed E-state index contributed by atoms with van der Waals surface area (Å²) in [6.07, 6.45) is 0. The molecule has 106 valence electrons. The Kier molecular flexibility index (Phi) is 4.09. The molecule has 0 aliphatic rings. The predicted octanol–water partition coefficient (Wildman–Crippen LogP) is 2.62. The van der Waals surface area contributed by atoms with Gasteiger partial charge in [-0.3, -0.25) is 10.1 Å². The summed E-state index contributed by atoms with van der Waals surface area (Å²) in [5.74, 6) is 0.832. The average molecular weight is 276 g/mol. The fourth-order valence-corrected chi connectivity index (χ4v) is 1.88. The lowest BCUT2D eigenvalue weighted by Gasteiger charge is -2.05. The van der Waals surface area contributed by atoms with Crippen molar-refractivity contribution in [1.29, 1.82) is 0 Å². The molecule has 1 unspecified atom stereocenters. The van der Waals surface area contributed by atoms with Gasteiger partial charge < -0.3 is 9.84 Å². The van der Waals surface area contributed by atoms with Gasteiger partial charge in [0.1, 0.15) is 0 Å². The topological polar surface area (TPSA) is 94.1 Å². The molecule has 0 fully saturated rings. The Morgan fingerprint density at radius 2 is 2.25 bits per heavy atom. The normalized spacial score (nSPS) is 12.3. The largest absolute Gasteiger partial charge is 0.337 e. The Morgan fingerprint density at radius 3 is 2.90 bits per heavy atom. The van der Waals surface area contributed by atoms with Crippen molar-refractivity contribution in [2.45, 2.75) is 26.8 Å². The van der Waals surface area contributed by atoms with E-state index in [0.29, 0.717) is 17.3 Å². The van der Waals surface area contributed by atoms with Gasteiger partial charge in [-0.1, -0.05) is 18.1 Å². The molecule has 1 aromatic carbocycles. The van der Waals surface area contributed by atoms with E-state index in [2.05, 4.69) is 15.5 Å². The van der Waals surface area contributed by atoms with Crippen LogP contribution in [0.4, 0.5) is 5.69 Å². The SMILES string of the molecule is CCNC(C)c1nc(-c2cc([N+](=O)[O-])ccc2C)no1. The highest BCUT2D eigenvalue weighted by atomic mass is 16.6. The van der Waals surface area contributed by atoms with Gasteiger partial charge in [-0.15, -0.1) is 0 Å². The monoisotopic (exact) mass is 276 g/mol. The van der Waals surface area contributed by atoms with Crippen molar-refractivity contribution < 1.29 is 9.45 Å². The molecule has 0 spiro atoms. The van der Waals surface area contributed by atoms with Crippen LogP contribution in [0.2, 0.25) is 0 Å². The molecular weight excluding hydrogens is 260 g/mol. The minimum Gasteiger partial charge on any atom is -0.337 e. The highest BCUT2D eigenvalue weighted by molar-refractivity contribution is 5.63. The van der Waals surface area contributed by atoms with Gasteiger partial charge in [-0.2, -0.15) is 4.98 Å². The van der Waals surface area contributed by atoms with E-state index in [1.807, 2.05) is 20.8 Å². The highest BCUT2D eigenvalue weighted by Crippen LogP contribution is 2.26.